The molecule has 2 aliphatic heterocycles. The molecule has 3 heterocycles. The van der Waals surface area contributed by atoms with Crippen LogP contribution in [0.2, 0.25) is 0 Å². The second-order valence-electron chi connectivity index (χ2n) is 14.2. The van der Waals surface area contributed by atoms with E-state index < -0.39 is 17.7 Å². The summed E-state index contributed by atoms with van der Waals surface area (Å²) in [7, 11) is 0. The Kier molecular flexibility index (Phi) is 8.89. The number of piperidine rings is 1. The molecular weight excluding hydrogens is 548 g/mol. The normalized spacial score (nSPS) is 17.5. The number of hydrogen-bond acceptors (Lipinski definition) is 6. The van der Waals surface area contributed by atoms with E-state index in [-0.39, 0.29) is 5.41 Å². The van der Waals surface area contributed by atoms with Gasteiger partial charge in [0.05, 0.1) is 22.9 Å². The number of aryl methyl sites for hydroxylation is 2. The maximum atomic E-state index is 12.8. The van der Waals surface area contributed by atoms with Crippen LogP contribution in [0.4, 0.5) is 5.69 Å². The SMILES string of the molecule is Cc1nc(C)c([C@H](OC(C)(C)C)C(=O)O)c(N2CCC(C)(C)CC2)c1-c1ccc2c(c1)CCN(Cc1ccccc1C#N)C2. The Labute approximate surface area is 262 Å². The quantitative estimate of drug-likeness (QED) is 0.306. The zero-order chi connectivity index (χ0) is 31.8. The van der Waals surface area contributed by atoms with E-state index in [1.165, 1.54) is 11.1 Å². The van der Waals surface area contributed by atoms with Gasteiger partial charge in [-0.15, -0.1) is 0 Å². The molecule has 0 spiro atoms. The fourth-order valence-electron chi connectivity index (χ4n) is 6.67. The number of nitriles is 1. The van der Waals surface area contributed by atoms with E-state index in [2.05, 4.69) is 47.9 Å². The number of aromatic nitrogens is 1. The Morgan fingerprint density at radius 1 is 1.07 bits per heavy atom. The summed E-state index contributed by atoms with van der Waals surface area (Å²) in [5.41, 5.74) is 9.26. The minimum atomic E-state index is -1.13. The minimum absolute atomic E-state index is 0.244. The number of carboxylic acid groups (broad SMARTS) is 1. The molecule has 2 aliphatic rings. The maximum Gasteiger partial charge on any atom is 0.337 e. The molecule has 1 fully saturated rings. The molecule has 1 saturated heterocycles. The summed E-state index contributed by atoms with van der Waals surface area (Å²) in [5, 5.41) is 20.0. The minimum Gasteiger partial charge on any atom is -0.479 e. The van der Waals surface area contributed by atoms with Gasteiger partial charge in [0.15, 0.2) is 6.10 Å². The van der Waals surface area contributed by atoms with E-state index in [9.17, 15) is 15.2 Å². The molecule has 0 unspecified atom stereocenters. The molecule has 5 rings (SSSR count). The van der Waals surface area contributed by atoms with Crippen molar-refractivity contribution in [2.24, 2.45) is 5.41 Å². The summed E-state index contributed by atoms with van der Waals surface area (Å²) in [5.74, 6) is -0.998. The summed E-state index contributed by atoms with van der Waals surface area (Å²) in [6.07, 6.45) is 1.83. The standard InChI is InChI=1S/C37H46N4O3/c1-24-31(27-12-13-30-23-40(17-14-26(30)20-27)22-29-11-9-8-10-28(29)21-38)33(41-18-15-37(6,7)16-19-41)32(25(2)39-24)34(35(42)43)44-36(3,4)5/h8-13,20,34H,14-19,22-23H2,1-7H3,(H,42,43)/t34-/m0/s1. The Bertz CT molecular complexity index is 1590. The zero-order valence-corrected chi connectivity index (χ0v) is 27.3. The Morgan fingerprint density at radius 2 is 1.77 bits per heavy atom. The van der Waals surface area contributed by atoms with E-state index >= 15 is 0 Å². The number of ether oxygens (including phenoxy) is 1. The van der Waals surface area contributed by atoms with Crippen LogP contribution >= 0.6 is 0 Å². The highest BCUT2D eigenvalue weighted by molar-refractivity contribution is 5.88. The lowest BCUT2D eigenvalue weighted by Crippen LogP contribution is -2.39. The summed E-state index contributed by atoms with van der Waals surface area (Å²) >= 11 is 0. The topological polar surface area (TPSA) is 89.7 Å². The van der Waals surface area contributed by atoms with Crippen LogP contribution in [0.3, 0.4) is 0 Å². The van der Waals surface area contributed by atoms with Crippen molar-refractivity contribution in [3.63, 3.8) is 0 Å². The van der Waals surface area contributed by atoms with E-state index in [1.807, 2.05) is 58.9 Å². The van der Waals surface area contributed by atoms with Crippen LogP contribution in [0.1, 0.15) is 92.8 Å². The number of fused-ring (bicyclic) bond motifs is 1. The number of anilines is 1. The fraction of sp³-hybridized carbons (Fsp3) is 0.486. The molecule has 7 heteroatoms. The molecule has 3 aromatic rings. The molecule has 1 N–H and O–H groups in total. The first-order valence-electron chi connectivity index (χ1n) is 15.8. The highest BCUT2D eigenvalue weighted by Gasteiger charge is 2.36. The van der Waals surface area contributed by atoms with Crippen molar-refractivity contribution < 1.29 is 14.6 Å². The van der Waals surface area contributed by atoms with Crippen molar-refractivity contribution in [1.29, 1.82) is 5.26 Å². The van der Waals surface area contributed by atoms with Crippen LogP contribution in [-0.2, 0) is 29.0 Å². The molecule has 0 saturated carbocycles. The van der Waals surface area contributed by atoms with Crippen LogP contribution in [0.5, 0.6) is 0 Å². The Hall–Kier alpha value is -3.73. The highest BCUT2D eigenvalue weighted by atomic mass is 16.5. The number of hydrogen-bond donors (Lipinski definition) is 1. The van der Waals surface area contributed by atoms with Gasteiger partial charge in [0.2, 0.25) is 0 Å². The van der Waals surface area contributed by atoms with E-state index in [0.29, 0.717) is 11.3 Å². The monoisotopic (exact) mass is 594 g/mol. The van der Waals surface area contributed by atoms with E-state index in [0.717, 1.165) is 85.6 Å². The summed E-state index contributed by atoms with van der Waals surface area (Å²) in [4.78, 5) is 22.5. The van der Waals surface area contributed by atoms with Gasteiger partial charge in [-0.3, -0.25) is 9.88 Å². The number of benzene rings is 2. The van der Waals surface area contributed by atoms with Gasteiger partial charge < -0.3 is 14.7 Å². The number of rotatable bonds is 7. The number of carboxylic acids is 1. The third-order valence-corrected chi connectivity index (χ3v) is 9.09. The Balaban J connectivity index is 1.57. The number of nitrogens with zero attached hydrogens (tertiary/aromatic N) is 4. The second-order valence-corrected chi connectivity index (χ2v) is 14.2. The molecule has 1 aromatic heterocycles. The first-order valence-corrected chi connectivity index (χ1v) is 15.8. The molecule has 0 bridgehead atoms. The third kappa shape index (κ3) is 6.82. The van der Waals surface area contributed by atoms with Crippen molar-refractivity contribution in [3.05, 3.63) is 81.7 Å². The van der Waals surface area contributed by atoms with Gasteiger partial charge in [0, 0.05) is 55.2 Å². The largest absolute Gasteiger partial charge is 0.479 e. The zero-order valence-electron chi connectivity index (χ0n) is 27.3. The van der Waals surface area contributed by atoms with E-state index in [4.69, 9.17) is 9.72 Å². The molecule has 0 aliphatic carbocycles. The van der Waals surface area contributed by atoms with E-state index in [1.54, 1.807) is 0 Å². The average molecular weight is 595 g/mol. The van der Waals surface area contributed by atoms with Gasteiger partial charge in [0.25, 0.3) is 0 Å². The van der Waals surface area contributed by atoms with Crippen LogP contribution < -0.4 is 4.90 Å². The molecule has 44 heavy (non-hydrogen) atoms. The maximum absolute atomic E-state index is 12.8. The molecule has 0 amide bonds. The van der Waals surface area contributed by atoms with Crippen molar-refractivity contribution in [2.45, 2.75) is 92.5 Å². The molecule has 0 radical (unpaired) electrons. The third-order valence-electron chi connectivity index (χ3n) is 9.09. The number of pyridine rings is 1. The molecule has 7 nitrogen and oxygen atoms in total. The van der Waals surface area contributed by atoms with Crippen molar-refractivity contribution in [2.75, 3.05) is 24.5 Å². The molecule has 1 atom stereocenters. The lowest BCUT2D eigenvalue weighted by molar-refractivity contribution is -0.160. The molecule has 232 valence electrons. The summed E-state index contributed by atoms with van der Waals surface area (Å²) < 4.78 is 6.25. The van der Waals surface area contributed by atoms with Crippen LogP contribution in [0.15, 0.2) is 42.5 Å². The predicted molar refractivity (Wildman–Crippen MR) is 175 cm³/mol. The van der Waals surface area contributed by atoms with Gasteiger partial charge in [-0.05, 0) is 87.6 Å². The van der Waals surface area contributed by atoms with Crippen LogP contribution in [0.25, 0.3) is 11.1 Å². The molecule has 2 aromatic carbocycles. The van der Waals surface area contributed by atoms with Crippen molar-refractivity contribution >= 4 is 11.7 Å². The van der Waals surface area contributed by atoms with Gasteiger partial charge in [-0.2, -0.15) is 5.26 Å². The first-order chi connectivity index (χ1) is 20.8. The number of aliphatic carboxylic acids is 1. The lowest BCUT2D eigenvalue weighted by Gasteiger charge is -2.41. The summed E-state index contributed by atoms with van der Waals surface area (Å²) in [6, 6.07) is 16.8. The summed E-state index contributed by atoms with van der Waals surface area (Å²) in [6.45, 7) is 18.4. The van der Waals surface area contributed by atoms with Crippen molar-refractivity contribution in [3.8, 4) is 17.2 Å². The lowest BCUT2D eigenvalue weighted by atomic mass is 9.81. The average Bonchev–Trinajstić information content (AvgIpc) is 2.95. The molecular formula is C37H46N4O3. The highest BCUT2D eigenvalue weighted by Crippen LogP contribution is 2.45. The van der Waals surface area contributed by atoms with Gasteiger partial charge >= 0.3 is 5.97 Å². The number of carbonyl (C=O) groups is 1. The van der Waals surface area contributed by atoms with Crippen LogP contribution in [-0.4, -0.2) is 46.2 Å². The smallest absolute Gasteiger partial charge is 0.337 e. The Morgan fingerprint density at radius 3 is 2.43 bits per heavy atom. The van der Waals surface area contributed by atoms with Crippen molar-refractivity contribution in [1.82, 2.24) is 9.88 Å². The van der Waals surface area contributed by atoms with Gasteiger partial charge in [0.1, 0.15) is 0 Å². The fourth-order valence-corrected chi connectivity index (χ4v) is 6.67. The van der Waals surface area contributed by atoms with Gasteiger partial charge in [-0.25, -0.2) is 4.79 Å². The van der Waals surface area contributed by atoms with Crippen LogP contribution in [0, 0.1) is 30.6 Å². The first kappa shape index (κ1) is 31.7. The second kappa shape index (κ2) is 12.3. The van der Waals surface area contributed by atoms with Gasteiger partial charge in [-0.1, -0.05) is 50.2 Å². The predicted octanol–water partition coefficient (Wildman–Crippen LogP) is 7.36.